The monoisotopic (exact) mass is 608 g/mol. The van der Waals surface area contributed by atoms with Crippen molar-refractivity contribution < 1.29 is 28.7 Å². The highest BCUT2D eigenvalue weighted by Crippen LogP contribution is 2.31. The first-order valence-corrected chi connectivity index (χ1v) is 16.1. The fourth-order valence-corrected chi connectivity index (χ4v) is 8.12. The van der Waals surface area contributed by atoms with Gasteiger partial charge in [0.1, 0.15) is 23.0 Å². The molecule has 0 radical (unpaired) electrons. The molecule has 0 aliphatic carbocycles. The molecule has 6 nitrogen and oxygen atoms in total. The minimum absolute atomic E-state index is 0.143. The van der Waals surface area contributed by atoms with E-state index in [0.29, 0.717) is 11.1 Å². The van der Waals surface area contributed by atoms with E-state index in [0.717, 1.165) is 10.4 Å². The van der Waals surface area contributed by atoms with E-state index in [2.05, 4.69) is 0 Å². The number of phenolic OH excluding ortho intramolecular Hbond substituents is 2. The largest absolute Gasteiger partial charge is 0.531 e. The van der Waals surface area contributed by atoms with E-state index in [9.17, 15) is 19.8 Å². The number of carbonyl (C=O) groups excluding carboxylic acids is 2. The topological polar surface area (TPSA) is 93.1 Å². The molecule has 6 rings (SSSR count). The van der Waals surface area contributed by atoms with Gasteiger partial charge in [0, 0.05) is 33.6 Å². The molecule has 0 spiro atoms. The summed E-state index contributed by atoms with van der Waals surface area (Å²) in [5.74, 6) is -0.510. The number of rotatable bonds is 10. The number of ketones is 2. The predicted octanol–water partition coefficient (Wildman–Crippen LogP) is 6.27. The van der Waals surface area contributed by atoms with Crippen LogP contribution in [0.15, 0.2) is 158 Å². The van der Waals surface area contributed by atoms with Crippen LogP contribution in [-0.4, -0.2) is 30.3 Å². The molecular formula is C38H28O6Si. The summed E-state index contributed by atoms with van der Waals surface area (Å²) in [6, 6.07) is 45.5. The van der Waals surface area contributed by atoms with Crippen LogP contribution < -0.4 is 19.2 Å². The second-order valence-corrected chi connectivity index (χ2v) is 13.1. The summed E-state index contributed by atoms with van der Waals surface area (Å²) < 4.78 is 13.6. The molecule has 0 saturated heterocycles. The van der Waals surface area contributed by atoms with Gasteiger partial charge >= 0.3 is 8.56 Å². The fourth-order valence-electron chi connectivity index (χ4n) is 5.09. The maximum absolute atomic E-state index is 13.1. The number of carbonyl (C=O) groups is 2. The fraction of sp³-hybridized carbons (Fsp3) is 0. The molecule has 0 saturated carbocycles. The lowest BCUT2D eigenvalue weighted by Gasteiger charge is -2.32. The van der Waals surface area contributed by atoms with Gasteiger partial charge < -0.3 is 19.1 Å². The molecule has 45 heavy (non-hydrogen) atoms. The molecule has 0 amide bonds. The van der Waals surface area contributed by atoms with Crippen molar-refractivity contribution in [1.29, 1.82) is 0 Å². The Bertz CT molecular complexity index is 1800. The van der Waals surface area contributed by atoms with E-state index in [4.69, 9.17) is 8.85 Å². The van der Waals surface area contributed by atoms with Gasteiger partial charge in [0.25, 0.3) is 0 Å². The van der Waals surface area contributed by atoms with Gasteiger partial charge in [-0.15, -0.1) is 0 Å². The Morgan fingerprint density at radius 3 is 1.11 bits per heavy atom. The molecule has 6 aromatic carbocycles. The number of hydrogen-bond donors (Lipinski definition) is 2. The third-order valence-corrected chi connectivity index (χ3v) is 10.6. The summed E-state index contributed by atoms with van der Waals surface area (Å²) >= 11 is 0. The quantitative estimate of drug-likeness (QED) is 0.141. The highest BCUT2D eigenvalue weighted by atomic mass is 28.4. The smallest absolute Gasteiger partial charge is 0.507 e. The van der Waals surface area contributed by atoms with Crippen LogP contribution in [0.2, 0.25) is 0 Å². The molecular weight excluding hydrogens is 580 g/mol. The zero-order valence-electron chi connectivity index (χ0n) is 24.0. The minimum atomic E-state index is -3.68. The lowest BCUT2D eigenvalue weighted by atomic mass is 10.0. The molecule has 0 aromatic heterocycles. The van der Waals surface area contributed by atoms with Crippen molar-refractivity contribution in [1.82, 2.24) is 0 Å². The van der Waals surface area contributed by atoms with E-state index in [1.54, 1.807) is 60.7 Å². The maximum Gasteiger partial charge on any atom is 0.531 e. The van der Waals surface area contributed by atoms with Crippen LogP contribution in [0.25, 0.3) is 0 Å². The van der Waals surface area contributed by atoms with E-state index in [-0.39, 0.29) is 45.7 Å². The molecule has 0 bridgehead atoms. The van der Waals surface area contributed by atoms with Gasteiger partial charge in [0.05, 0.1) is 11.1 Å². The van der Waals surface area contributed by atoms with Crippen molar-refractivity contribution in [3.63, 3.8) is 0 Å². The lowest BCUT2D eigenvalue weighted by Crippen LogP contribution is -2.68. The Kier molecular flexibility index (Phi) is 8.26. The minimum Gasteiger partial charge on any atom is -0.507 e. The van der Waals surface area contributed by atoms with E-state index >= 15 is 0 Å². The van der Waals surface area contributed by atoms with Crippen LogP contribution in [-0.2, 0) is 0 Å². The molecule has 7 heteroatoms. The van der Waals surface area contributed by atoms with Crippen LogP contribution in [0.4, 0.5) is 0 Å². The molecule has 0 atom stereocenters. The predicted molar refractivity (Wildman–Crippen MR) is 175 cm³/mol. The maximum atomic E-state index is 13.1. The standard InChI is InChI=1S/C38H28O6Si/c39-35-25-29(21-23-33(35)37(41)27-13-5-1-6-14-27)43-45(31-17-9-3-10-18-31,32-19-11-4-12-20-32)44-30-22-24-34(36(40)26-30)38(42)28-15-7-2-8-16-28/h1-26,39-40H. The number of phenols is 2. The van der Waals surface area contributed by atoms with Crippen LogP contribution in [0.3, 0.4) is 0 Å². The van der Waals surface area contributed by atoms with Gasteiger partial charge in [-0.3, -0.25) is 9.59 Å². The Hall–Kier alpha value is -5.92. The third-order valence-electron chi connectivity index (χ3n) is 7.33. The van der Waals surface area contributed by atoms with Crippen molar-refractivity contribution in [2.45, 2.75) is 0 Å². The Balaban J connectivity index is 1.41. The molecule has 0 unspecified atom stereocenters. The van der Waals surface area contributed by atoms with Gasteiger partial charge in [0.2, 0.25) is 0 Å². The highest BCUT2D eigenvalue weighted by molar-refractivity contribution is 6.93. The van der Waals surface area contributed by atoms with E-state index < -0.39 is 8.56 Å². The van der Waals surface area contributed by atoms with Gasteiger partial charge in [-0.1, -0.05) is 121 Å². The van der Waals surface area contributed by atoms with Crippen LogP contribution in [0, 0.1) is 0 Å². The van der Waals surface area contributed by atoms with Crippen LogP contribution in [0.1, 0.15) is 31.8 Å². The number of benzene rings is 6. The van der Waals surface area contributed by atoms with Crippen molar-refractivity contribution in [2.75, 3.05) is 0 Å². The highest BCUT2D eigenvalue weighted by Gasteiger charge is 2.48. The zero-order chi connectivity index (χ0) is 31.2. The summed E-state index contributed by atoms with van der Waals surface area (Å²) in [5.41, 5.74) is 1.20. The average Bonchev–Trinajstić information content (AvgIpc) is 3.09. The second kappa shape index (κ2) is 12.7. The average molecular weight is 609 g/mol. The van der Waals surface area contributed by atoms with Gasteiger partial charge in [-0.05, 0) is 24.3 Å². The van der Waals surface area contributed by atoms with Gasteiger partial charge in [-0.2, -0.15) is 0 Å². The first kappa shape index (κ1) is 29.2. The normalized spacial score (nSPS) is 11.0. The third kappa shape index (κ3) is 6.11. The van der Waals surface area contributed by atoms with Crippen molar-refractivity contribution in [3.05, 3.63) is 180 Å². The van der Waals surface area contributed by atoms with Crippen molar-refractivity contribution >= 4 is 30.5 Å². The molecule has 220 valence electrons. The molecule has 6 aromatic rings. The molecule has 0 fully saturated rings. The summed E-state index contributed by atoms with van der Waals surface area (Å²) in [5, 5.41) is 23.5. The Morgan fingerprint density at radius 1 is 0.444 bits per heavy atom. The molecule has 2 N–H and O–H groups in total. The summed E-state index contributed by atoms with van der Waals surface area (Å²) in [4.78, 5) is 26.2. The zero-order valence-corrected chi connectivity index (χ0v) is 25.0. The Morgan fingerprint density at radius 2 is 0.778 bits per heavy atom. The molecule has 0 aliphatic heterocycles. The second-order valence-electron chi connectivity index (χ2n) is 10.3. The van der Waals surface area contributed by atoms with Crippen LogP contribution >= 0.6 is 0 Å². The first-order valence-electron chi connectivity index (χ1n) is 14.3. The number of hydrogen-bond acceptors (Lipinski definition) is 6. The molecule has 0 aliphatic rings. The summed E-state index contributed by atoms with van der Waals surface area (Å²) in [6.45, 7) is 0. The SMILES string of the molecule is O=C(c1ccccc1)c1ccc(O[Si](Oc2ccc(C(=O)c3ccccc3)c(O)c2)(c2ccccc2)c2ccccc2)cc1O. The van der Waals surface area contributed by atoms with E-state index in [1.165, 1.54) is 24.3 Å². The Labute approximate surface area is 261 Å². The van der Waals surface area contributed by atoms with E-state index in [1.807, 2.05) is 72.8 Å². The van der Waals surface area contributed by atoms with Gasteiger partial charge in [-0.25, -0.2) is 0 Å². The van der Waals surface area contributed by atoms with Crippen LogP contribution in [0.5, 0.6) is 23.0 Å². The molecule has 0 heterocycles. The first-order chi connectivity index (χ1) is 21.9. The van der Waals surface area contributed by atoms with Crippen molar-refractivity contribution in [2.24, 2.45) is 0 Å². The summed E-state index contributed by atoms with van der Waals surface area (Å²) in [7, 11) is -3.68. The van der Waals surface area contributed by atoms with Crippen molar-refractivity contribution in [3.8, 4) is 23.0 Å². The summed E-state index contributed by atoms with van der Waals surface area (Å²) in [6.07, 6.45) is 0. The lowest BCUT2D eigenvalue weighted by molar-refractivity contribution is 0.102. The number of aromatic hydroxyl groups is 2. The van der Waals surface area contributed by atoms with Gasteiger partial charge in [0.15, 0.2) is 11.6 Å².